The molecule has 0 aromatic carbocycles. The molecule has 0 amide bonds. The predicted octanol–water partition coefficient (Wildman–Crippen LogP) is 7.80. The summed E-state index contributed by atoms with van der Waals surface area (Å²) in [7, 11) is 0. The summed E-state index contributed by atoms with van der Waals surface area (Å²) in [5, 5.41) is 14.5. The van der Waals surface area contributed by atoms with Crippen LogP contribution in [0.5, 0.6) is 0 Å². The number of H-pyrrole nitrogens is 3. The second kappa shape index (κ2) is 10.3. The number of nitrogens with one attached hydrogen (secondary N) is 3. The number of aromatic nitrogens is 3. The molecule has 0 bridgehead atoms. The molecule has 6 aromatic rings. The Kier molecular flexibility index (Phi) is 7.46. The lowest BCUT2D eigenvalue weighted by atomic mass is 10.4. The van der Waals surface area contributed by atoms with E-state index in [4.69, 9.17) is 39.9 Å². The summed E-state index contributed by atoms with van der Waals surface area (Å²) < 4.78 is 0.699. The molecule has 6 rings (SSSR count). The van der Waals surface area contributed by atoms with Crippen LogP contribution in [0.3, 0.4) is 0 Å². The average Bonchev–Trinajstić information content (AvgIpc) is 3.53. The Bertz CT molecular complexity index is 1470. The largest absolute Gasteiger partial charge is 0.477 e. The third-order valence-electron chi connectivity index (χ3n) is 4.42. The van der Waals surface area contributed by atoms with Gasteiger partial charge in [0, 0.05) is 16.2 Å². The maximum absolute atomic E-state index is 10.7. The highest BCUT2D eigenvalue weighted by molar-refractivity contribution is 7.22. The van der Waals surface area contributed by atoms with E-state index in [1.165, 1.54) is 22.7 Å². The lowest BCUT2D eigenvalue weighted by Crippen LogP contribution is -1.94. The summed E-state index contributed by atoms with van der Waals surface area (Å²) in [6.07, 6.45) is 0. The number of aromatic amines is 3. The number of rotatable bonds is 3. The minimum absolute atomic E-state index is 0.256. The number of halogens is 3. The first kappa shape index (κ1) is 24.5. The normalized spacial score (nSPS) is 10.7. The third kappa shape index (κ3) is 5.54. The van der Waals surface area contributed by atoms with Gasteiger partial charge in [-0.25, -0.2) is 4.79 Å². The summed E-state index contributed by atoms with van der Waals surface area (Å²) in [4.78, 5) is 43.2. The molecule has 0 saturated heterocycles. The van der Waals surface area contributed by atoms with Crippen molar-refractivity contribution in [3.8, 4) is 0 Å². The quantitative estimate of drug-likeness (QED) is 0.162. The summed E-state index contributed by atoms with van der Waals surface area (Å²) >= 11 is 20.7. The molecule has 34 heavy (non-hydrogen) atoms. The highest BCUT2D eigenvalue weighted by atomic mass is 35.5. The second-order valence-electron chi connectivity index (χ2n) is 6.65. The van der Waals surface area contributed by atoms with Gasteiger partial charge < -0.3 is 20.1 Å². The van der Waals surface area contributed by atoms with Crippen molar-refractivity contribution in [3.63, 3.8) is 0 Å². The molecule has 0 atom stereocenters. The molecular formula is C21H12Cl3N3O4S3. The molecule has 0 aliphatic rings. The van der Waals surface area contributed by atoms with Gasteiger partial charge in [0.25, 0.3) is 10.5 Å². The first-order valence-electron chi connectivity index (χ1n) is 9.24. The average molecular weight is 573 g/mol. The number of carboxylic acids is 1. The van der Waals surface area contributed by atoms with Crippen LogP contribution in [-0.4, -0.2) is 36.5 Å². The smallest absolute Gasteiger partial charge is 0.352 e. The SMILES string of the molecule is O=C(Cl)c1cc2cc(Cl)sc2[nH]1.O=C(Cl)c1cc2ccsc2[nH]1.O=C(O)c1cc2ccsc2[nH]1. The Morgan fingerprint density at radius 1 is 0.706 bits per heavy atom. The zero-order valence-corrected chi connectivity index (χ0v) is 21.4. The summed E-state index contributed by atoms with van der Waals surface area (Å²) in [6, 6.07) is 10.7. The Labute approximate surface area is 217 Å². The molecule has 174 valence electrons. The van der Waals surface area contributed by atoms with E-state index < -0.39 is 16.5 Å². The molecular weight excluding hydrogens is 561 g/mol. The van der Waals surface area contributed by atoms with E-state index in [1.54, 1.807) is 35.6 Å². The number of hydrogen-bond acceptors (Lipinski definition) is 6. The molecule has 4 N–H and O–H groups in total. The van der Waals surface area contributed by atoms with Gasteiger partial charge in [-0.15, -0.1) is 34.0 Å². The maximum atomic E-state index is 10.7. The fraction of sp³-hybridized carbons (Fsp3) is 0. The van der Waals surface area contributed by atoms with Crippen LogP contribution in [0.4, 0.5) is 0 Å². The summed E-state index contributed by atoms with van der Waals surface area (Å²) in [5.74, 6) is -0.909. The number of carbonyl (C=O) groups excluding carboxylic acids is 2. The van der Waals surface area contributed by atoms with E-state index in [9.17, 15) is 14.4 Å². The van der Waals surface area contributed by atoms with Crippen molar-refractivity contribution in [3.05, 3.63) is 68.6 Å². The Balaban J connectivity index is 0.000000121. The van der Waals surface area contributed by atoms with Crippen molar-refractivity contribution in [2.45, 2.75) is 0 Å². The molecule has 0 saturated carbocycles. The van der Waals surface area contributed by atoms with Crippen molar-refractivity contribution < 1.29 is 19.5 Å². The first-order valence-corrected chi connectivity index (χ1v) is 13.0. The molecule has 13 heteroatoms. The van der Waals surface area contributed by atoms with Crippen LogP contribution in [0.15, 0.2) is 47.2 Å². The predicted molar refractivity (Wildman–Crippen MR) is 141 cm³/mol. The third-order valence-corrected chi connectivity index (χ3v) is 7.71. The van der Waals surface area contributed by atoms with Crippen LogP contribution in [0.1, 0.15) is 31.5 Å². The molecule has 6 aromatic heterocycles. The Morgan fingerprint density at radius 3 is 1.65 bits per heavy atom. The fourth-order valence-corrected chi connectivity index (χ4v) is 5.81. The van der Waals surface area contributed by atoms with Crippen molar-refractivity contribution >= 4 is 116 Å². The minimum Gasteiger partial charge on any atom is -0.477 e. The van der Waals surface area contributed by atoms with Gasteiger partial charge in [0.15, 0.2) is 0 Å². The van der Waals surface area contributed by atoms with Crippen LogP contribution in [-0.2, 0) is 0 Å². The molecule has 0 radical (unpaired) electrons. The van der Waals surface area contributed by atoms with Gasteiger partial charge in [-0.1, -0.05) is 11.6 Å². The van der Waals surface area contributed by atoms with Crippen LogP contribution in [0.2, 0.25) is 4.34 Å². The lowest BCUT2D eigenvalue weighted by molar-refractivity contribution is 0.0691. The van der Waals surface area contributed by atoms with Crippen LogP contribution in [0, 0.1) is 0 Å². The van der Waals surface area contributed by atoms with Crippen LogP contribution < -0.4 is 0 Å². The van der Waals surface area contributed by atoms with Crippen LogP contribution >= 0.6 is 68.8 Å². The highest BCUT2D eigenvalue weighted by Crippen LogP contribution is 2.29. The van der Waals surface area contributed by atoms with Gasteiger partial charge in [0.1, 0.15) is 31.6 Å². The molecule has 0 fully saturated rings. The van der Waals surface area contributed by atoms with Crippen molar-refractivity contribution in [1.82, 2.24) is 15.0 Å². The molecule has 7 nitrogen and oxygen atoms in total. The van der Waals surface area contributed by atoms with E-state index in [0.717, 1.165) is 30.6 Å². The van der Waals surface area contributed by atoms with Gasteiger partial charge in [0.2, 0.25) is 0 Å². The van der Waals surface area contributed by atoms with E-state index >= 15 is 0 Å². The highest BCUT2D eigenvalue weighted by Gasteiger charge is 2.09. The number of thiophene rings is 3. The molecule has 0 unspecified atom stereocenters. The number of carboxylic acid groups (broad SMARTS) is 1. The topological polar surface area (TPSA) is 119 Å². The summed E-state index contributed by atoms with van der Waals surface area (Å²) in [6.45, 7) is 0. The van der Waals surface area contributed by atoms with Gasteiger partial charge >= 0.3 is 5.97 Å². The van der Waals surface area contributed by atoms with E-state index in [-0.39, 0.29) is 5.69 Å². The molecule has 0 spiro atoms. The molecule has 0 aliphatic heterocycles. The summed E-state index contributed by atoms with van der Waals surface area (Å²) in [5.41, 5.74) is 1.13. The van der Waals surface area contributed by atoms with Crippen molar-refractivity contribution in [2.24, 2.45) is 0 Å². The second-order valence-corrected chi connectivity index (χ2v) is 10.8. The van der Waals surface area contributed by atoms with Crippen molar-refractivity contribution in [2.75, 3.05) is 0 Å². The Morgan fingerprint density at radius 2 is 1.18 bits per heavy atom. The standard InChI is InChI=1S/C7H3Cl2NOS.C7H4ClNOS.C7H5NO2S/c8-5-2-3-1-4(6(9)11)10-7(3)12-5;8-6(10)5-3-4-1-2-11-7(4)9-5;9-7(10)5-3-4-1-2-11-6(4)8-5/h1-2,10H;1-3,9H;1-3,8H,(H,9,10). The molecule has 6 heterocycles. The van der Waals surface area contributed by atoms with Crippen molar-refractivity contribution in [1.29, 1.82) is 0 Å². The Hall–Kier alpha value is -2.60. The number of aromatic carboxylic acids is 1. The van der Waals surface area contributed by atoms with Gasteiger partial charge in [-0.2, -0.15) is 0 Å². The van der Waals surface area contributed by atoms with Gasteiger partial charge in [-0.05, 0) is 70.4 Å². The van der Waals surface area contributed by atoms with E-state index in [0.29, 0.717) is 15.7 Å². The number of carbonyl (C=O) groups is 3. The monoisotopic (exact) mass is 571 g/mol. The fourth-order valence-electron chi connectivity index (χ4n) is 2.92. The zero-order valence-electron chi connectivity index (χ0n) is 16.6. The maximum Gasteiger partial charge on any atom is 0.352 e. The van der Waals surface area contributed by atoms with Gasteiger partial charge in [0.05, 0.1) is 4.34 Å². The number of fused-ring (bicyclic) bond motifs is 3. The van der Waals surface area contributed by atoms with Gasteiger partial charge in [-0.3, -0.25) is 9.59 Å². The number of hydrogen-bond donors (Lipinski definition) is 4. The molecule has 0 aliphatic carbocycles. The lowest BCUT2D eigenvalue weighted by Gasteiger charge is -1.82. The first-order chi connectivity index (χ1) is 16.2. The minimum atomic E-state index is -0.909. The van der Waals surface area contributed by atoms with E-state index in [2.05, 4.69) is 15.0 Å². The van der Waals surface area contributed by atoms with E-state index in [1.807, 2.05) is 22.9 Å². The van der Waals surface area contributed by atoms with Crippen LogP contribution in [0.25, 0.3) is 30.6 Å². The zero-order chi connectivity index (χ0) is 24.4.